The van der Waals surface area contributed by atoms with Gasteiger partial charge in [0.2, 0.25) is 0 Å². The lowest BCUT2D eigenvalue weighted by molar-refractivity contribution is 0.135. The first kappa shape index (κ1) is 24.0. The van der Waals surface area contributed by atoms with Gasteiger partial charge in [-0.25, -0.2) is 23.1 Å². The van der Waals surface area contributed by atoms with E-state index in [1.165, 1.54) is 12.1 Å². The number of rotatable bonds is 9. The van der Waals surface area contributed by atoms with Crippen LogP contribution >= 0.6 is 0 Å². The Morgan fingerprint density at radius 2 is 2.00 bits per heavy atom. The number of benzene rings is 2. The number of hydrogen-bond acceptors (Lipinski definition) is 7. The number of fused-ring (bicyclic) bond motifs is 1. The van der Waals surface area contributed by atoms with Gasteiger partial charge in [0.1, 0.15) is 30.2 Å². The first-order valence-electron chi connectivity index (χ1n) is 11.0. The Labute approximate surface area is 194 Å². The van der Waals surface area contributed by atoms with E-state index in [0.717, 1.165) is 12.5 Å². The standard InChI is InChI=1S/C24H26F3N3O4/c1-13(16-4-3-5-17(22(16)25)23(26)27)28-24-18-10-21(34-15-6-8-32-12-15)20(33-9-7-31)11-19(18)29-14(2)30-24/h3-5,10-11,13,15,23,31H,6-9,12H2,1-2H3,(H,28,29,30)/t13?,15-/m0/s1. The third kappa shape index (κ3) is 5.18. The summed E-state index contributed by atoms with van der Waals surface area (Å²) >= 11 is 0. The largest absolute Gasteiger partial charge is 0.487 e. The van der Waals surface area contributed by atoms with Gasteiger partial charge in [-0.05, 0) is 19.9 Å². The van der Waals surface area contributed by atoms with Crippen LogP contribution in [-0.4, -0.2) is 47.6 Å². The summed E-state index contributed by atoms with van der Waals surface area (Å²) in [4.78, 5) is 8.93. The van der Waals surface area contributed by atoms with Gasteiger partial charge in [-0.1, -0.05) is 18.2 Å². The monoisotopic (exact) mass is 477 g/mol. The van der Waals surface area contributed by atoms with Crippen LogP contribution in [0.25, 0.3) is 10.9 Å². The topological polar surface area (TPSA) is 85.7 Å². The van der Waals surface area contributed by atoms with Gasteiger partial charge in [0.15, 0.2) is 11.5 Å². The van der Waals surface area contributed by atoms with E-state index in [9.17, 15) is 18.3 Å². The van der Waals surface area contributed by atoms with E-state index in [1.54, 1.807) is 26.0 Å². The number of alkyl halides is 2. The van der Waals surface area contributed by atoms with Crippen LogP contribution < -0.4 is 14.8 Å². The maximum Gasteiger partial charge on any atom is 0.266 e. The minimum absolute atomic E-state index is 0.0784. The van der Waals surface area contributed by atoms with Crippen molar-refractivity contribution in [3.8, 4) is 11.5 Å². The molecule has 0 radical (unpaired) electrons. The fraction of sp³-hybridized carbons (Fsp3) is 0.417. The molecule has 2 atom stereocenters. The Kier molecular flexibility index (Phi) is 7.38. The highest BCUT2D eigenvalue weighted by Gasteiger charge is 2.23. The maximum absolute atomic E-state index is 14.7. The van der Waals surface area contributed by atoms with Crippen molar-refractivity contribution in [1.29, 1.82) is 0 Å². The summed E-state index contributed by atoms with van der Waals surface area (Å²) in [5.74, 6) is 0.761. The smallest absolute Gasteiger partial charge is 0.266 e. The molecule has 2 heterocycles. The fourth-order valence-corrected chi connectivity index (χ4v) is 3.86. The molecule has 182 valence electrons. The number of aromatic nitrogens is 2. The zero-order valence-corrected chi connectivity index (χ0v) is 18.9. The third-order valence-electron chi connectivity index (χ3n) is 5.52. The molecule has 34 heavy (non-hydrogen) atoms. The number of aryl methyl sites for hydroxylation is 1. The first-order chi connectivity index (χ1) is 16.4. The van der Waals surface area contributed by atoms with Crippen molar-refractivity contribution in [2.24, 2.45) is 0 Å². The van der Waals surface area contributed by atoms with Gasteiger partial charge in [0.05, 0.1) is 36.9 Å². The second-order valence-corrected chi connectivity index (χ2v) is 8.03. The molecule has 2 aromatic carbocycles. The second kappa shape index (κ2) is 10.4. The van der Waals surface area contributed by atoms with Crippen molar-refractivity contribution in [2.75, 3.05) is 31.7 Å². The fourth-order valence-electron chi connectivity index (χ4n) is 3.86. The molecule has 4 rings (SSSR count). The molecule has 10 heteroatoms. The Morgan fingerprint density at radius 3 is 2.71 bits per heavy atom. The molecule has 2 N–H and O–H groups in total. The Bertz CT molecular complexity index is 1160. The predicted octanol–water partition coefficient (Wildman–Crippen LogP) is 4.73. The minimum Gasteiger partial charge on any atom is -0.487 e. The molecule has 0 spiro atoms. The highest BCUT2D eigenvalue weighted by Crippen LogP contribution is 2.37. The van der Waals surface area contributed by atoms with Gasteiger partial charge in [0, 0.05) is 23.4 Å². The van der Waals surface area contributed by atoms with Crippen molar-refractivity contribution in [3.05, 3.63) is 53.1 Å². The summed E-state index contributed by atoms with van der Waals surface area (Å²) in [5, 5.41) is 12.9. The zero-order valence-electron chi connectivity index (χ0n) is 18.9. The predicted molar refractivity (Wildman–Crippen MR) is 120 cm³/mol. The highest BCUT2D eigenvalue weighted by atomic mass is 19.3. The molecule has 0 amide bonds. The van der Waals surface area contributed by atoms with Crippen molar-refractivity contribution < 1.29 is 32.5 Å². The number of ether oxygens (including phenoxy) is 3. The van der Waals surface area contributed by atoms with Gasteiger partial charge >= 0.3 is 0 Å². The van der Waals surface area contributed by atoms with Gasteiger partial charge in [-0.15, -0.1) is 0 Å². The van der Waals surface area contributed by atoms with E-state index in [-0.39, 0.29) is 24.9 Å². The number of aliphatic hydroxyl groups excluding tert-OH is 1. The van der Waals surface area contributed by atoms with Crippen LogP contribution in [0.4, 0.5) is 19.0 Å². The summed E-state index contributed by atoms with van der Waals surface area (Å²) in [6.07, 6.45) is -2.34. The van der Waals surface area contributed by atoms with Crippen LogP contribution in [0.3, 0.4) is 0 Å². The third-order valence-corrected chi connectivity index (χ3v) is 5.52. The van der Waals surface area contributed by atoms with Crippen molar-refractivity contribution in [1.82, 2.24) is 9.97 Å². The van der Waals surface area contributed by atoms with Crippen LogP contribution in [0.5, 0.6) is 11.5 Å². The normalized spacial score (nSPS) is 16.7. The SMILES string of the molecule is Cc1nc(NC(C)c2cccc(C(F)F)c2F)c2cc(O[C@H]3CCOC3)c(OCCO)cc2n1. The number of anilines is 1. The summed E-state index contributed by atoms with van der Waals surface area (Å²) in [6.45, 7) is 4.34. The van der Waals surface area contributed by atoms with Crippen molar-refractivity contribution in [2.45, 2.75) is 38.8 Å². The molecule has 1 fully saturated rings. The van der Waals surface area contributed by atoms with Gasteiger partial charge in [-0.3, -0.25) is 0 Å². The molecule has 0 saturated carbocycles. The van der Waals surface area contributed by atoms with Crippen LogP contribution in [0.15, 0.2) is 30.3 Å². The average Bonchev–Trinajstić information content (AvgIpc) is 3.31. The molecular formula is C24H26F3N3O4. The maximum atomic E-state index is 14.7. The Balaban J connectivity index is 1.72. The van der Waals surface area contributed by atoms with Crippen LogP contribution in [0.1, 0.15) is 42.8 Å². The lowest BCUT2D eigenvalue weighted by Crippen LogP contribution is -2.17. The van der Waals surface area contributed by atoms with Gasteiger partial charge in [-0.2, -0.15) is 0 Å². The molecule has 1 saturated heterocycles. The van der Waals surface area contributed by atoms with Crippen LogP contribution in [-0.2, 0) is 4.74 Å². The first-order valence-corrected chi connectivity index (χ1v) is 11.0. The van der Waals surface area contributed by atoms with E-state index in [4.69, 9.17) is 14.2 Å². The summed E-state index contributed by atoms with van der Waals surface area (Å²) in [7, 11) is 0. The molecule has 1 aliphatic rings. The van der Waals surface area contributed by atoms with E-state index in [2.05, 4.69) is 15.3 Å². The molecule has 7 nitrogen and oxygen atoms in total. The molecule has 1 aromatic heterocycles. The van der Waals surface area contributed by atoms with Gasteiger partial charge in [0.25, 0.3) is 6.43 Å². The summed E-state index contributed by atoms with van der Waals surface area (Å²) in [6, 6.07) is 6.70. The zero-order chi connectivity index (χ0) is 24.2. The number of aliphatic hydroxyl groups is 1. The Hall–Kier alpha value is -3.11. The average molecular weight is 477 g/mol. The van der Waals surface area contributed by atoms with Crippen molar-refractivity contribution >= 4 is 16.7 Å². The summed E-state index contributed by atoms with van der Waals surface area (Å²) in [5.41, 5.74) is 0.00618. The number of halogens is 3. The quantitative estimate of drug-likeness (QED) is 0.461. The van der Waals surface area contributed by atoms with E-state index >= 15 is 0 Å². The van der Waals surface area contributed by atoms with E-state index in [0.29, 0.717) is 47.3 Å². The molecule has 1 aliphatic heterocycles. The molecule has 1 unspecified atom stereocenters. The number of nitrogens with zero attached hydrogens (tertiary/aromatic N) is 2. The molecular weight excluding hydrogens is 451 g/mol. The molecule has 0 aliphatic carbocycles. The van der Waals surface area contributed by atoms with Crippen LogP contribution in [0, 0.1) is 12.7 Å². The van der Waals surface area contributed by atoms with Gasteiger partial charge < -0.3 is 24.6 Å². The lowest BCUT2D eigenvalue weighted by atomic mass is 10.0. The molecule has 3 aromatic rings. The second-order valence-electron chi connectivity index (χ2n) is 8.03. The number of nitrogens with one attached hydrogen (secondary N) is 1. The minimum atomic E-state index is -2.91. The number of hydrogen-bond donors (Lipinski definition) is 2. The van der Waals surface area contributed by atoms with Crippen LogP contribution in [0.2, 0.25) is 0 Å². The highest BCUT2D eigenvalue weighted by molar-refractivity contribution is 5.92. The molecule has 0 bridgehead atoms. The van der Waals surface area contributed by atoms with E-state index < -0.39 is 23.8 Å². The van der Waals surface area contributed by atoms with E-state index in [1.807, 2.05) is 0 Å². The lowest BCUT2D eigenvalue weighted by Gasteiger charge is -2.20. The van der Waals surface area contributed by atoms with Crippen molar-refractivity contribution in [3.63, 3.8) is 0 Å². The Morgan fingerprint density at radius 1 is 1.21 bits per heavy atom. The summed E-state index contributed by atoms with van der Waals surface area (Å²) < 4.78 is 58.2.